The maximum atomic E-state index is 12.4. The van der Waals surface area contributed by atoms with Gasteiger partial charge in [-0.3, -0.25) is 9.59 Å². The monoisotopic (exact) mass is 379 g/mol. The summed E-state index contributed by atoms with van der Waals surface area (Å²) in [6, 6.07) is 10.9. The number of para-hydroxylation sites is 1. The molecule has 0 saturated carbocycles. The Morgan fingerprint density at radius 1 is 1.18 bits per heavy atom. The van der Waals surface area contributed by atoms with E-state index in [1.165, 1.54) is 11.2 Å². The Labute approximate surface area is 159 Å². The van der Waals surface area contributed by atoms with E-state index in [-0.39, 0.29) is 17.0 Å². The summed E-state index contributed by atoms with van der Waals surface area (Å²) in [5.74, 6) is 0.915. The molecule has 1 aliphatic rings. The fourth-order valence-corrected chi connectivity index (χ4v) is 3.73. The number of carbonyl (C=O) groups excluding carboxylic acids is 1. The highest BCUT2D eigenvalue weighted by Gasteiger charge is 2.26. The Kier molecular flexibility index (Phi) is 3.98. The van der Waals surface area contributed by atoms with Crippen molar-refractivity contribution in [3.8, 4) is 0 Å². The van der Waals surface area contributed by atoms with Crippen molar-refractivity contribution >= 4 is 28.0 Å². The lowest BCUT2D eigenvalue weighted by Crippen LogP contribution is -3.13. The summed E-state index contributed by atoms with van der Waals surface area (Å²) in [4.78, 5) is 35.3. The number of furan rings is 2. The Morgan fingerprint density at radius 2 is 2.00 bits per heavy atom. The summed E-state index contributed by atoms with van der Waals surface area (Å²) in [6.07, 6.45) is 1.51. The molecular formula is C20H19N4O4+. The zero-order chi connectivity index (χ0) is 19.1. The molecule has 0 spiro atoms. The predicted octanol–water partition coefficient (Wildman–Crippen LogP) is 0.803. The smallest absolute Gasteiger partial charge is 0.294 e. The molecule has 3 aromatic heterocycles. The molecule has 8 heteroatoms. The van der Waals surface area contributed by atoms with Gasteiger partial charge in [-0.25, -0.2) is 4.98 Å². The zero-order valence-electron chi connectivity index (χ0n) is 15.1. The molecule has 0 aliphatic carbocycles. The van der Waals surface area contributed by atoms with Crippen molar-refractivity contribution < 1.29 is 18.5 Å². The van der Waals surface area contributed by atoms with Crippen molar-refractivity contribution in [2.75, 3.05) is 26.2 Å². The minimum absolute atomic E-state index is 0.0816. The Bertz CT molecular complexity index is 1200. The Hall–Kier alpha value is -3.39. The van der Waals surface area contributed by atoms with Crippen LogP contribution < -0.4 is 10.5 Å². The molecular weight excluding hydrogens is 360 g/mol. The number of H-pyrrole nitrogens is 1. The van der Waals surface area contributed by atoms with Crippen LogP contribution in [0.3, 0.4) is 0 Å². The third-order valence-corrected chi connectivity index (χ3v) is 5.19. The highest BCUT2D eigenvalue weighted by Crippen LogP contribution is 2.24. The summed E-state index contributed by atoms with van der Waals surface area (Å²) in [5.41, 5.74) is 1.25. The molecule has 0 unspecified atom stereocenters. The molecule has 1 amide bonds. The SMILES string of the molecule is O=C(c1ccco1)N1CC[NH+](Cc2nc3c(oc4ccccc43)c(=O)[nH]2)CC1. The molecule has 0 atom stereocenters. The van der Waals surface area contributed by atoms with Crippen LogP contribution in [0.1, 0.15) is 16.4 Å². The number of nitrogens with one attached hydrogen (secondary N) is 2. The summed E-state index contributed by atoms with van der Waals surface area (Å²) >= 11 is 0. The number of benzene rings is 1. The average molecular weight is 379 g/mol. The van der Waals surface area contributed by atoms with Crippen molar-refractivity contribution in [2.24, 2.45) is 0 Å². The highest BCUT2D eigenvalue weighted by atomic mass is 16.3. The van der Waals surface area contributed by atoms with E-state index in [1.807, 2.05) is 24.3 Å². The molecule has 1 aromatic carbocycles. The van der Waals surface area contributed by atoms with E-state index in [2.05, 4.69) is 9.97 Å². The molecule has 4 heterocycles. The third-order valence-electron chi connectivity index (χ3n) is 5.19. The third kappa shape index (κ3) is 2.87. The van der Waals surface area contributed by atoms with Gasteiger partial charge in [-0.15, -0.1) is 0 Å². The topological polar surface area (TPSA) is 96.8 Å². The lowest BCUT2D eigenvalue weighted by atomic mass is 10.2. The fraction of sp³-hybridized carbons (Fsp3) is 0.250. The van der Waals surface area contributed by atoms with Gasteiger partial charge in [0.15, 0.2) is 11.6 Å². The van der Waals surface area contributed by atoms with E-state index in [0.29, 0.717) is 42.3 Å². The molecule has 2 N–H and O–H groups in total. The second-order valence-electron chi connectivity index (χ2n) is 6.98. The van der Waals surface area contributed by atoms with Gasteiger partial charge < -0.3 is 23.6 Å². The number of hydrogen-bond donors (Lipinski definition) is 2. The number of aromatic amines is 1. The number of piperazine rings is 1. The Balaban J connectivity index is 1.33. The second-order valence-corrected chi connectivity index (χ2v) is 6.98. The molecule has 0 bridgehead atoms. The van der Waals surface area contributed by atoms with Crippen LogP contribution in [0.25, 0.3) is 22.1 Å². The first-order valence-electron chi connectivity index (χ1n) is 9.26. The largest absolute Gasteiger partial charge is 0.459 e. The zero-order valence-corrected chi connectivity index (χ0v) is 15.1. The first-order chi connectivity index (χ1) is 13.7. The van der Waals surface area contributed by atoms with Crippen LogP contribution in [0.4, 0.5) is 0 Å². The summed E-state index contributed by atoms with van der Waals surface area (Å²) in [5, 5.41) is 0.841. The predicted molar refractivity (Wildman–Crippen MR) is 101 cm³/mol. The molecule has 28 heavy (non-hydrogen) atoms. The normalized spacial score (nSPS) is 15.5. The first kappa shape index (κ1) is 16.8. The van der Waals surface area contributed by atoms with Crippen LogP contribution in [0, 0.1) is 0 Å². The molecule has 4 aromatic rings. The number of fused-ring (bicyclic) bond motifs is 3. The van der Waals surface area contributed by atoms with E-state index in [9.17, 15) is 9.59 Å². The lowest BCUT2D eigenvalue weighted by molar-refractivity contribution is -0.918. The van der Waals surface area contributed by atoms with Gasteiger partial charge in [-0.1, -0.05) is 12.1 Å². The van der Waals surface area contributed by atoms with E-state index < -0.39 is 0 Å². The molecule has 8 nitrogen and oxygen atoms in total. The van der Waals surface area contributed by atoms with Gasteiger partial charge in [0, 0.05) is 5.39 Å². The van der Waals surface area contributed by atoms with Gasteiger partial charge >= 0.3 is 0 Å². The fourth-order valence-electron chi connectivity index (χ4n) is 3.73. The van der Waals surface area contributed by atoms with Gasteiger partial charge in [0.1, 0.15) is 17.6 Å². The van der Waals surface area contributed by atoms with Crippen LogP contribution in [0.5, 0.6) is 0 Å². The van der Waals surface area contributed by atoms with Crippen LogP contribution in [-0.2, 0) is 6.54 Å². The minimum Gasteiger partial charge on any atom is -0.459 e. The molecule has 1 saturated heterocycles. The van der Waals surface area contributed by atoms with Crippen molar-refractivity contribution in [2.45, 2.75) is 6.54 Å². The molecule has 142 valence electrons. The molecule has 0 radical (unpaired) electrons. The number of hydrogen-bond acceptors (Lipinski definition) is 5. The van der Waals surface area contributed by atoms with E-state index >= 15 is 0 Å². The number of quaternary nitrogens is 1. The van der Waals surface area contributed by atoms with Gasteiger partial charge in [-0.05, 0) is 24.3 Å². The number of carbonyl (C=O) groups is 1. The van der Waals surface area contributed by atoms with Crippen LogP contribution >= 0.6 is 0 Å². The van der Waals surface area contributed by atoms with Crippen molar-refractivity contribution in [1.82, 2.24) is 14.9 Å². The summed E-state index contributed by atoms with van der Waals surface area (Å²) in [7, 11) is 0. The minimum atomic E-state index is -0.262. The van der Waals surface area contributed by atoms with E-state index in [4.69, 9.17) is 8.83 Å². The second kappa shape index (κ2) is 6.65. The van der Waals surface area contributed by atoms with E-state index in [0.717, 1.165) is 18.5 Å². The van der Waals surface area contributed by atoms with E-state index in [1.54, 1.807) is 17.0 Å². The first-order valence-corrected chi connectivity index (χ1v) is 9.26. The van der Waals surface area contributed by atoms with Crippen LogP contribution in [-0.4, -0.2) is 47.0 Å². The number of aromatic nitrogens is 2. The average Bonchev–Trinajstić information content (AvgIpc) is 3.37. The van der Waals surface area contributed by atoms with Gasteiger partial charge in [0.2, 0.25) is 5.58 Å². The molecule has 1 fully saturated rings. The number of nitrogens with zero attached hydrogens (tertiary/aromatic N) is 2. The number of rotatable bonds is 3. The quantitative estimate of drug-likeness (QED) is 0.549. The highest BCUT2D eigenvalue weighted by molar-refractivity contribution is 6.01. The summed E-state index contributed by atoms with van der Waals surface area (Å²) in [6.45, 7) is 3.42. The molecule has 5 rings (SSSR count). The van der Waals surface area contributed by atoms with Crippen molar-refractivity contribution in [3.63, 3.8) is 0 Å². The lowest BCUT2D eigenvalue weighted by Gasteiger charge is -2.31. The maximum absolute atomic E-state index is 12.4. The van der Waals surface area contributed by atoms with Crippen LogP contribution in [0.2, 0.25) is 0 Å². The standard InChI is InChI=1S/C20H18N4O4/c25-19-18-17(13-4-1-2-5-14(13)28-18)21-16(22-19)12-23-7-9-24(10-8-23)20(26)15-6-3-11-27-15/h1-6,11H,7-10,12H2,(H,21,22,25)/p+1. The summed E-state index contributed by atoms with van der Waals surface area (Å²) < 4.78 is 10.8. The van der Waals surface area contributed by atoms with Crippen molar-refractivity contribution in [3.05, 3.63) is 64.6 Å². The van der Waals surface area contributed by atoms with Gasteiger partial charge in [0.25, 0.3) is 11.5 Å². The molecule has 1 aliphatic heterocycles. The van der Waals surface area contributed by atoms with Gasteiger partial charge in [0.05, 0.1) is 32.4 Å². The van der Waals surface area contributed by atoms with Gasteiger partial charge in [-0.2, -0.15) is 0 Å². The van der Waals surface area contributed by atoms with Crippen molar-refractivity contribution in [1.29, 1.82) is 0 Å². The number of amides is 1. The Morgan fingerprint density at radius 3 is 2.79 bits per heavy atom. The van der Waals surface area contributed by atoms with Crippen LogP contribution in [0.15, 0.2) is 56.3 Å². The maximum Gasteiger partial charge on any atom is 0.294 e.